The summed E-state index contributed by atoms with van der Waals surface area (Å²) in [6.45, 7) is 2.20. The number of rotatable bonds is 6. The molecule has 102 valence electrons. The molecule has 0 aliphatic carbocycles. The number of primary sulfonamides is 1. The Kier molecular flexibility index (Phi) is 5.91. The van der Waals surface area contributed by atoms with Gasteiger partial charge >= 0.3 is 0 Å². The third kappa shape index (κ3) is 5.56. The summed E-state index contributed by atoms with van der Waals surface area (Å²) in [4.78, 5) is 0. The fourth-order valence-electron chi connectivity index (χ4n) is 1.41. The van der Waals surface area contributed by atoms with Gasteiger partial charge in [0.15, 0.2) is 0 Å². The SMILES string of the molecule is CCC(COc1ccc(Cl)cc1Br)CS(N)(=O)=O. The zero-order valence-corrected chi connectivity index (χ0v) is 13.1. The molecular weight excluding hydrogens is 342 g/mol. The molecule has 1 aromatic rings. The lowest BCUT2D eigenvalue weighted by atomic mass is 10.1. The van der Waals surface area contributed by atoms with Crippen molar-refractivity contribution in [3.63, 3.8) is 0 Å². The van der Waals surface area contributed by atoms with Crippen LogP contribution in [0.5, 0.6) is 5.75 Å². The third-order valence-corrected chi connectivity index (χ3v) is 4.20. The van der Waals surface area contributed by atoms with Crippen molar-refractivity contribution >= 4 is 37.6 Å². The smallest absolute Gasteiger partial charge is 0.209 e. The molecular formula is C11H15BrClNO3S. The number of hydrogen-bond donors (Lipinski definition) is 1. The van der Waals surface area contributed by atoms with Crippen LogP contribution in [-0.2, 0) is 10.0 Å². The van der Waals surface area contributed by atoms with Gasteiger partial charge in [-0.15, -0.1) is 0 Å². The van der Waals surface area contributed by atoms with Crippen molar-refractivity contribution in [1.82, 2.24) is 0 Å². The first kappa shape index (κ1) is 15.8. The van der Waals surface area contributed by atoms with Gasteiger partial charge in [-0.1, -0.05) is 18.5 Å². The molecule has 1 atom stereocenters. The molecule has 2 N–H and O–H groups in total. The fraction of sp³-hybridized carbons (Fsp3) is 0.455. The van der Waals surface area contributed by atoms with Gasteiger partial charge in [0.05, 0.1) is 16.8 Å². The van der Waals surface area contributed by atoms with Crippen molar-refractivity contribution in [2.24, 2.45) is 11.1 Å². The quantitative estimate of drug-likeness (QED) is 0.852. The normalized spacial score (nSPS) is 13.3. The minimum absolute atomic E-state index is 0.0747. The molecule has 0 aliphatic heterocycles. The van der Waals surface area contributed by atoms with E-state index in [2.05, 4.69) is 15.9 Å². The summed E-state index contributed by atoms with van der Waals surface area (Å²) in [6, 6.07) is 5.16. The molecule has 0 bridgehead atoms. The van der Waals surface area contributed by atoms with Gasteiger partial charge in [0, 0.05) is 10.9 Å². The minimum Gasteiger partial charge on any atom is -0.492 e. The number of hydrogen-bond acceptors (Lipinski definition) is 3. The second kappa shape index (κ2) is 6.75. The average molecular weight is 357 g/mol. The van der Waals surface area contributed by atoms with Crippen molar-refractivity contribution < 1.29 is 13.2 Å². The molecule has 1 unspecified atom stereocenters. The van der Waals surface area contributed by atoms with Crippen LogP contribution in [0.4, 0.5) is 0 Å². The van der Waals surface area contributed by atoms with E-state index >= 15 is 0 Å². The lowest BCUT2D eigenvalue weighted by molar-refractivity contribution is 0.256. The largest absolute Gasteiger partial charge is 0.492 e. The van der Waals surface area contributed by atoms with E-state index in [1.54, 1.807) is 18.2 Å². The second-order valence-electron chi connectivity index (χ2n) is 3.99. The van der Waals surface area contributed by atoms with E-state index in [-0.39, 0.29) is 11.7 Å². The van der Waals surface area contributed by atoms with E-state index in [1.165, 1.54) is 0 Å². The predicted octanol–water partition coefficient (Wildman–Crippen LogP) is 2.80. The van der Waals surface area contributed by atoms with Crippen molar-refractivity contribution in [1.29, 1.82) is 0 Å². The molecule has 0 radical (unpaired) electrons. The zero-order chi connectivity index (χ0) is 13.8. The first-order valence-corrected chi connectivity index (χ1v) is 8.28. The third-order valence-electron chi connectivity index (χ3n) is 2.41. The first-order chi connectivity index (χ1) is 8.31. The number of benzene rings is 1. The monoisotopic (exact) mass is 355 g/mol. The Hall–Kier alpha value is -0.300. The van der Waals surface area contributed by atoms with Crippen molar-refractivity contribution in [3.05, 3.63) is 27.7 Å². The summed E-state index contributed by atoms with van der Waals surface area (Å²) in [5.74, 6) is 0.434. The highest BCUT2D eigenvalue weighted by Crippen LogP contribution is 2.28. The molecule has 4 nitrogen and oxygen atoms in total. The van der Waals surface area contributed by atoms with Gasteiger partial charge in [-0.25, -0.2) is 13.6 Å². The van der Waals surface area contributed by atoms with Gasteiger partial charge in [0.25, 0.3) is 0 Å². The van der Waals surface area contributed by atoms with Crippen LogP contribution in [0.1, 0.15) is 13.3 Å². The summed E-state index contributed by atoms with van der Waals surface area (Å²) in [7, 11) is -3.47. The number of nitrogens with two attached hydrogens (primary N) is 1. The van der Waals surface area contributed by atoms with Crippen molar-refractivity contribution in [2.45, 2.75) is 13.3 Å². The maximum absolute atomic E-state index is 11.0. The molecule has 1 rings (SSSR count). The molecule has 18 heavy (non-hydrogen) atoms. The van der Waals surface area contributed by atoms with E-state index in [0.29, 0.717) is 23.8 Å². The van der Waals surface area contributed by atoms with Gasteiger partial charge in [0.1, 0.15) is 5.75 Å². The summed E-state index contributed by atoms with van der Waals surface area (Å²) in [6.07, 6.45) is 0.682. The van der Waals surface area contributed by atoms with Crippen LogP contribution in [0, 0.1) is 5.92 Å². The van der Waals surface area contributed by atoms with Crippen LogP contribution < -0.4 is 9.88 Å². The van der Waals surface area contributed by atoms with E-state index < -0.39 is 10.0 Å². The Balaban J connectivity index is 2.62. The molecule has 0 saturated carbocycles. The van der Waals surface area contributed by atoms with Crippen LogP contribution in [0.3, 0.4) is 0 Å². The summed E-state index contributed by atoms with van der Waals surface area (Å²) in [5.41, 5.74) is 0. The molecule has 0 aliphatic rings. The van der Waals surface area contributed by atoms with E-state index in [1.807, 2.05) is 6.92 Å². The Morgan fingerprint density at radius 1 is 1.50 bits per heavy atom. The molecule has 0 spiro atoms. The van der Waals surface area contributed by atoms with Crippen LogP contribution in [0.15, 0.2) is 22.7 Å². The van der Waals surface area contributed by atoms with Crippen LogP contribution in [0.2, 0.25) is 5.02 Å². The van der Waals surface area contributed by atoms with E-state index in [0.717, 1.165) is 4.47 Å². The Bertz CT molecular complexity index is 507. The minimum atomic E-state index is -3.47. The molecule has 0 amide bonds. The summed E-state index contributed by atoms with van der Waals surface area (Å²) < 4.78 is 28.3. The van der Waals surface area contributed by atoms with Crippen LogP contribution in [-0.4, -0.2) is 20.8 Å². The maximum atomic E-state index is 11.0. The first-order valence-electron chi connectivity index (χ1n) is 5.40. The predicted molar refractivity (Wildman–Crippen MR) is 76.4 cm³/mol. The summed E-state index contributed by atoms with van der Waals surface area (Å²) in [5, 5.41) is 5.62. The van der Waals surface area contributed by atoms with Crippen molar-refractivity contribution in [2.75, 3.05) is 12.4 Å². The lowest BCUT2D eigenvalue weighted by Crippen LogP contribution is -2.26. The standard InChI is InChI=1S/C11H15BrClNO3S/c1-2-8(7-18(14,15)16)6-17-11-4-3-9(13)5-10(11)12/h3-5,8H,2,6-7H2,1H3,(H2,14,15,16). The van der Waals surface area contributed by atoms with E-state index in [4.69, 9.17) is 21.5 Å². The van der Waals surface area contributed by atoms with Crippen LogP contribution in [0.25, 0.3) is 0 Å². The topological polar surface area (TPSA) is 69.4 Å². The van der Waals surface area contributed by atoms with Crippen molar-refractivity contribution in [3.8, 4) is 5.75 Å². The van der Waals surface area contributed by atoms with Gasteiger partial charge in [-0.05, 0) is 40.5 Å². The number of ether oxygens (including phenoxy) is 1. The summed E-state index contributed by atoms with van der Waals surface area (Å²) >= 11 is 9.14. The Morgan fingerprint density at radius 2 is 2.17 bits per heavy atom. The Morgan fingerprint density at radius 3 is 2.67 bits per heavy atom. The Labute approximate surface area is 121 Å². The maximum Gasteiger partial charge on any atom is 0.209 e. The van der Waals surface area contributed by atoms with Gasteiger partial charge in [0.2, 0.25) is 10.0 Å². The van der Waals surface area contributed by atoms with E-state index in [9.17, 15) is 8.42 Å². The molecule has 0 aromatic heterocycles. The molecule has 0 fully saturated rings. The number of halogens is 2. The zero-order valence-electron chi connectivity index (χ0n) is 9.90. The van der Waals surface area contributed by atoms with Gasteiger partial charge in [-0.3, -0.25) is 0 Å². The number of sulfonamides is 1. The van der Waals surface area contributed by atoms with Gasteiger partial charge < -0.3 is 4.74 Å². The highest BCUT2D eigenvalue weighted by molar-refractivity contribution is 9.10. The second-order valence-corrected chi connectivity index (χ2v) is 6.94. The fourth-order valence-corrected chi connectivity index (χ4v) is 3.20. The highest BCUT2D eigenvalue weighted by atomic mass is 79.9. The highest BCUT2D eigenvalue weighted by Gasteiger charge is 2.15. The molecule has 1 aromatic carbocycles. The molecule has 7 heteroatoms. The lowest BCUT2D eigenvalue weighted by Gasteiger charge is -2.15. The van der Waals surface area contributed by atoms with Gasteiger partial charge in [-0.2, -0.15) is 0 Å². The molecule has 0 heterocycles. The average Bonchev–Trinajstić information content (AvgIpc) is 2.24. The van der Waals surface area contributed by atoms with Crippen LogP contribution >= 0.6 is 27.5 Å². The molecule has 0 saturated heterocycles.